The fraction of sp³-hybridized carbons (Fsp3) is 0.267. The van der Waals surface area contributed by atoms with Gasteiger partial charge >= 0.3 is 0 Å². The van der Waals surface area contributed by atoms with Gasteiger partial charge in [0.05, 0.1) is 5.69 Å². The van der Waals surface area contributed by atoms with Gasteiger partial charge in [0.25, 0.3) is 5.95 Å². The van der Waals surface area contributed by atoms with Crippen LogP contribution in [0.1, 0.15) is 16.8 Å². The zero-order chi connectivity index (χ0) is 14.8. The normalized spacial score (nSPS) is 14.7. The maximum Gasteiger partial charge on any atom is 0.270 e. The molecule has 0 amide bonds. The highest BCUT2D eigenvalue weighted by atomic mass is 15.6. The van der Waals surface area contributed by atoms with E-state index >= 15 is 0 Å². The molecule has 3 aromatic rings. The minimum Gasteiger partial charge on any atom is -0.294 e. The zero-order valence-corrected chi connectivity index (χ0v) is 12.0. The van der Waals surface area contributed by atoms with Gasteiger partial charge in [-0.2, -0.15) is 0 Å². The quantitative estimate of drug-likeness (QED) is 0.717. The standard InChI is InChI=1S/C15H15N7/c1-2-4-12(5-3-1)9-21-7-6-14-13(10-21)8-16-15(19-14)22-18-11-17-20-22/h1-5,8,11H,6-7,9-10H2. The Kier molecular flexibility index (Phi) is 3.32. The molecule has 0 unspecified atom stereocenters. The van der Waals surface area contributed by atoms with Crippen LogP contribution >= 0.6 is 0 Å². The van der Waals surface area contributed by atoms with Crippen LogP contribution in [0, 0.1) is 0 Å². The van der Waals surface area contributed by atoms with E-state index in [1.54, 1.807) is 0 Å². The molecule has 0 radical (unpaired) electrons. The highest BCUT2D eigenvalue weighted by Crippen LogP contribution is 2.19. The maximum atomic E-state index is 4.56. The smallest absolute Gasteiger partial charge is 0.270 e. The SMILES string of the molecule is c1ccc(CN2CCc3nc(-n4ncnn4)ncc3C2)cc1. The summed E-state index contributed by atoms with van der Waals surface area (Å²) in [4.78, 5) is 12.6. The largest absolute Gasteiger partial charge is 0.294 e. The summed E-state index contributed by atoms with van der Waals surface area (Å²) in [6.07, 6.45) is 4.16. The van der Waals surface area contributed by atoms with Crippen molar-refractivity contribution < 1.29 is 0 Å². The van der Waals surface area contributed by atoms with Crippen molar-refractivity contribution in [2.75, 3.05) is 6.54 Å². The first-order valence-corrected chi connectivity index (χ1v) is 7.23. The zero-order valence-electron chi connectivity index (χ0n) is 12.0. The van der Waals surface area contributed by atoms with Gasteiger partial charge in [-0.3, -0.25) is 4.90 Å². The molecule has 0 aliphatic carbocycles. The second-order valence-corrected chi connectivity index (χ2v) is 5.31. The lowest BCUT2D eigenvalue weighted by Gasteiger charge is -2.27. The van der Waals surface area contributed by atoms with Crippen LogP contribution in [0.2, 0.25) is 0 Å². The minimum atomic E-state index is 0.479. The Bertz CT molecular complexity index is 755. The summed E-state index contributed by atoms with van der Waals surface area (Å²) in [5.74, 6) is 0.479. The monoisotopic (exact) mass is 293 g/mol. The van der Waals surface area contributed by atoms with E-state index in [9.17, 15) is 0 Å². The summed E-state index contributed by atoms with van der Waals surface area (Å²) in [7, 11) is 0. The summed E-state index contributed by atoms with van der Waals surface area (Å²) < 4.78 is 0. The van der Waals surface area contributed by atoms with Crippen molar-refractivity contribution in [3.8, 4) is 5.95 Å². The van der Waals surface area contributed by atoms with Crippen LogP contribution in [-0.2, 0) is 19.5 Å². The van der Waals surface area contributed by atoms with E-state index in [0.717, 1.165) is 31.7 Å². The summed E-state index contributed by atoms with van der Waals surface area (Å²) >= 11 is 0. The van der Waals surface area contributed by atoms with Crippen molar-refractivity contribution in [1.82, 2.24) is 35.1 Å². The molecule has 7 nitrogen and oxygen atoms in total. The van der Waals surface area contributed by atoms with E-state index in [-0.39, 0.29) is 0 Å². The topological polar surface area (TPSA) is 72.6 Å². The van der Waals surface area contributed by atoms with Crippen LogP contribution in [0.5, 0.6) is 0 Å². The molecule has 4 rings (SSSR count). The second kappa shape index (κ2) is 5.61. The molecule has 0 atom stereocenters. The van der Waals surface area contributed by atoms with Crippen molar-refractivity contribution in [3.05, 3.63) is 59.7 Å². The lowest BCUT2D eigenvalue weighted by Crippen LogP contribution is -2.31. The number of nitrogens with zero attached hydrogens (tertiary/aromatic N) is 7. The molecule has 2 aromatic heterocycles. The minimum absolute atomic E-state index is 0.479. The average Bonchev–Trinajstić information content (AvgIpc) is 3.10. The Morgan fingerprint density at radius 3 is 2.86 bits per heavy atom. The van der Waals surface area contributed by atoms with Crippen LogP contribution in [0.3, 0.4) is 0 Å². The Hall–Kier alpha value is -2.67. The third kappa shape index (κ3) is 2.58. The molecule has 0 N–H and O–H groups in total. The van der Waals surface area contributed by atoms with Gasteiger partial charge in [-0.15, -0.1) is 10.2 Å². The Balaban J connectivity index is 1.52. The first kappa shape index (κ1) is 13.0. The maximum absolute atomic E-state index is 4.56. The predicted molar refractivity (Wildman–Crippen MR) is 79.0 cm³/mol. The van der Waals surface area contributed by atoms with Crippen molar-refractivity contribution in [2.24, 2.45) is 0 Å². The van der Waals surface area contributed by atoms with E-state index in [0.29, 0.717) is 5.95 Å². The number of hydrogen-bond donors (Lipinski definition) is 0. The van der Waals surface area contributed by atoms with Gasteiger partial charge < -0.3 is 0 Å². The fourth-order valence-electron chi connectivity index (χ4n) is 2.70. The fourth-order valence-corrected chi connectivity index (χ4v) is 2.70. The van der Waals surface area contributed by atoms with Gasteiger partial charge in [0.2, 0.25) is 0 Å². The molecule has 7 heteroatoms. The molecule has 0 fully saturated rings. The molecule has 0 spiro atoms. The van der Waals surface area contributed by atoms with Crippen LogP contribution in [0.25, 0.3) is 5.95 Å². The van der Waals surface area contributed by atoms with Gasteiger partial charge in [0.1, 0.15) is 0 Å². The van der Waals surface area contributed by atoms with Crippen molar-refractivity contribution in [3.63, 3.8) is 0 Å². The first-order chi connectivity index (χ1) is 10.9. The predicted octanol–water partition coefficient (Wildman–Crippen LogP) is 1.01. The number of benzene rings is 1. The molecule has 0 bridgehead atoms. The summed E-state index contributed by atoms with van der Waals surface area (Å²) in [5, 5.41) is 11.5. The molecule has 0 saturated heterocycles. The van der Waals surface area contributed by atoms with E-state index in [2.05, 4.69) is 54.5 Å². The lowest BCUT2D eigenvalue weighted by molar-refractivity contribution is 0.242. The number of fused-ring (bicyclic) bond motifs is 1. The third-order valence-electron chi connectivity index (χ3n) is 3.78. The Morgan fingerprint density at radius 1 is 1.14 bits per heavy atom. The van der Waals surface area contributed by atoms with Gasteiger partial charge in [-0.05, 0) is 10.8 Å². The van der Waals surface area contributed by atoms with Gasteiger partial charge in [0.15, 0.2) is 6.33 Å². The van der Waals surface area contributed by atoms with Crippen LogP contribution in [0.4, 0.5) is 0 Å². The molecule has 1 aromatic carbocycles. The average molecular weight is 293 g/mol. The van der Waals surface area contributed by atoms with Crippen molar-refractivity contribution in [2.45, 2.75) is 19.5 Å². The van der Waals surface area contributed by atoms with Crippen LogP contribution in [-0.4, -0.2) is 41.6 Å². The van der Waals surface area contributed by atoms with Crippen LogP contribution in [0.15, 0.2) is 42.9 Å². The summed E-state index contributed by atoms with van der Waals surface area (Å²) in [6, 6.07) is 10.5. The van der Waals surface area contributed by atoms with Gasteiger partial charge in [-0.25, -0.2) is 9.97 Å². The van der Waals surface area contributed by atoms with E-state index in [1.807, 2.05) is 12.3 Å². The molecule has 3 heterocycles. The Morgan fingerprint density at radius 2 is 2.05 bits per heavy atom. The van der Waals surface area contributed by atoms with E-state index in [1.165, 1.54) is 22.3 Å². The highest BCUT2D eigenvalue weighted by Gasteiger charge is 2.19. The molecular formula is C15H15N7. The second-order valence-electron chi connectivity index (χ2n) is 5.31. The number of hydrogen-bond acceptors (Lipinski definition) is 6. The van der Waals surface area contributed by atoms with Gasteiger partial charge in [-0.1, -0.05) is 35.1 Å². The molecular weight excluding hydrogens is 278 g/mol. The molecule has 1 aliphatic rings. The Labute approximate surface area is 127 Å². The van der Waals surface area contributed by atoms with E-state index in [4.69, 9.17) is 0 Å². The van der Waals surface area contributed by atoms with Crippen molar-refractivity contribution >= 4 is 0 Å². The van der Waals surface area contributed by atoms with Gasteiger partial charge in [0, 0.05) is 37.8 Å². The third-order valence-corrected chi connectivity index (χ3v) is 3.78. The highest BCUT2D eigenvalue weighted by molar-refractivity contribution is 5.24. The molecule has 0 saturated carbocycles. The molecule has 22 heavy (non-hydrogen) atoms. The summed E-state index contributed by atoms with van der Waals surface area (Å²) in [6.45, 7) is 2.81. The molecule has 1 aliphatic heterocycles. The lowest BCUT2D eigenvalue weighted by atomic mass is 10.1. The number of rotatable bonds is 3. The summed E-state index contributed by atoms with van der Waals surface area (Å²) in [5.41, 5.74) is 3.58. The first-order valence-electron chi connectivity index (χ1n) is 7.23. The number of aromatic nitrogens is 6. The number of tetrazole rings is 1. The molecule has 110 valence electrons. The van der Waals surface area contributed by atoms with Crippen LogP contribution < -0.4 is 0 Å². The van der Waals surface area contributed by atoms with E-state index < -0.39 is 0 Å². The van der Waals surface area contributed by atoms with Crippen molar-refractivity contribution in [1.29, 1.82) is 0 Å².